The maximum atomic E-state index is 10.4. The number of ether oxygens (including phenoxy) is 4. The standard InChI is InChI=1S/C27H46O6Si/c1-23(33-34(7,8)26(2,3)4)19-25(28)15-12-16-27(5,32-21-29-6)17-18-30-22-31-20-24-13-10-9-11-14-24/h9-11,13-14,23,25,28H,16-22H2,1-8H3/t23-,25-,27+/m1/s1. The van der Waals surface area contributed by atoms with Crippen molar-refractivity contribution in [3.8, 4) is 11.8 Å². The topological polar surface area (TPSA) is 66.4 Å². The minimum Gasteiger partial charge on any atom is -0.414 e. The SMILES string of the molecule is COCO[C@@](C)(CC#C[C@@H](O)C[C@@H](C)O[Si](C)(C)C(C)(C)C)CCOCOCc1ccccc1. The molecule has 0 aliphatic heterocycles. The normalized spacial score (nSPS) is 15.8. The summed E-state index contributed by atoms with van der Waals surface area (Å²) in [6.07, 6.45) is 0.774. The lowest BCUT2D eigenvalue weighted by Gasteiger charge is -2.38. The van der Waals surface area contributed by atoms with Crippen LogP contribution in [0.3, 0.4) is 0 Å². The lowest BCUT2D eigenvalue weighted by molar-refractivity contribution is -0.138. The van der Waals surface area contributed by atoms with Crippen LogP contribution in [0.4, 0.5) is 0 Å². The Morgan fingerprint density at radius 2 is 1.71 bits per heavy atom. The number of hydrogen-bond acceptors (Lipinski definition) is 6. The Labute approximate surface area is 208 Å². The molecule has 0 radical (unpaired) electrons. The van der Waals surface area contributed by atoms with Gasteiger partial charge in [0.05, 0.1) is 18.8 Å². The van der Waals surface area contributed by atoms with Gasteiger partial charge in [-0.05, 0) is 37.5 Å². The smallest absolute Gasteiger partial charge is 0.192 e. The molecule has 0 aromatic heterocycles. The van der Waals surface area contributed by atoms with Gasteiger partial charge in [0, 0.05) is 32.5 Å². The van der Waals surface area contributed by atoms with E-state index in [1.54, 1.807) is 7.11 Å². The first kappa shape index (κ1) is 30.8. The van der Waals surface area contributed by atoms with E-state index in [1.165, 1.54) is 0 Å². The van der Waals surface area contributed by atoms with Gasteiger partial charge in [-0.25, -0.2) is 0 Å². The average molecular weight is 495 g/mol. The largest absolute Gasteiger partial charge is 0.414 e. The molecule has 0 aliphatic rings. The van der Waals surface area contributed by atoms with Crippen molar-refractivity contribution in [1.82, 2.24) is 0 Å². The third kappa shape index (κ3) is 12.5. The van der Waals surface area contributed by atoms with Crippen LogP contribution in [0.2, 0.25) is 18.1 Å². The van der Waals surface area contributed by atoms with E-state index in [0.29, 0.717) is 32.5 Å². The highest BCUT2D eigenvalue weighted by Crippen LogP contribution is 2.37. The van der Waals surface area contributed by atoms with Crippen LogP contribution in [-0.2, 0) is 30.0 Å². The summed E-state index contributed by atoms with van der Waals surface area (Å²) in [7, 11) is -0.282. The van der Waals surface area contributed by atoms with Crippen LogP contribution < -0.4 is 0 Å². The van der Waals surface area contributed by atoms with Crippen molar-refractivity contribution >= 4 is 8.32 Å². The Hall–Kier alpha value is -1.24. The predicted octanol–water partition coefficient (Wildman–Crippen LogP) is 5.50. The van der Waals surface area contributed by atoms with Crippen molar-refractivity contribution in [2.75, 3.05) is 27.3 Å². The quantitative estimate of drug-likeness (QED) is 0.150. The van der Waals surface area contributed by atoms with E-state index >= 15 is 0 Å². The van der Waals surface area contributed by atoms with E-state index in [-0.39, 0.29) is 24.7 Å². The van der Waals surface area contributed by atoms with Crippen molar-refractivity contribution in [2.45, 2.75) is 96.4 Å². The number of benzene rings is 1. The maximum absolute atomic E-state index is 10.4. The van der Waals surface area contributed by atoms with E-state index in [1.807, 2.05) is 44.2 Å². The third-order valence-corrected chi connectivity index (χ3v) is 10.8. The summed E-state index contributed by atoms with van der Waals surface area (Å²) in [6, 6.07) is 9.98. The molecule has 6 nitrogen and oxygen atoms in total. The highest BCUT2D eigenvalue weighted by molar-refractivity contribution is 6.74. The fourth-order valence-electron chi connectivity index (χ4n) is 3.01. The number of hydrogen-bond donors (Lipinski definition) is 1. The number of rotatable bonds is 15. The fourth-order valence-corrected chi connectivity index (χ4v) is 4.47. The van der Waals surface area contributed by atoms with Crippen LogP contribution in [0.25, 0.3) is 0 Å². The van der Waals surface area contributed by atoms with Gasteiger partial charge in [-0.3, -0.25) is 0 Å². The highest BCUT2D eigenvalue weighted by atomic mass is 28.4. The second-order valence-electron chi connectivity index (χ2n) is 10.5. The monoisotopic (exact) mass is 494 g/mol. The molecule has 0 heterocycles. The van der Waals surface area contributed by atoms with Gasteiger partial charge >= 0.3 is 0 Å². The van der Waals surface area contributed by atoms with Crippen LogP contribution in [0.5, 0.6) is 0 Å². The summed E-state index contributed by atoms with van der Waals surface area (Å²) in [5.74, 6) is 6.05. The lowest BCUT2D eigenvalue weighted by atomic mass is 9.98. The maximum Gasteiger partial charge on any atom is 0.192 e. The molecular weight excluding hydrogens is 448 g/mol. The Morgan fingerprint density at radius 1 is 1.03 bits per heavy atom. The minimum atomic E-state index is -1.87. The van der Waals surface area contributed by atoms with Gasteiger partial charge in [0.2, 0.25) is 0 Å². The minimum absolute atomic E-state index is 0.0504. The summed E-state index contributed by atoms with van der Waals surface area (Å²) < 4.78 is 28.5. The summed E-state index contributed by atoms with van der Waals surface area (Å²) in [5, 5.41) is 10.5. The first-order valence-electron chi connectivity index (χ1n) is 12.0. The summed E-state index contributed by atoms with van der Waals surface area (Å²) in [5.41, 5.74) is 0.558. The second-order valence-corrected chi connectivity index (χ2v) is 15.3. The second kappa shape index (κ2) is 15.0. The van der Waals surface area contributed by atoms with E-state index in [2.05, 4.69) is 45.7 Å². The molecule has 3 atom stereocenters. The first-order chi connectivity index (χ1) is 15.9. The molecule has 1 aromatic carbocycles. The molecular formula is C27H46O6Si. The molecule has 1 aromatic rings. The van der Waals surface area contributed by atoms with Gasteiger partial charge in [0.25, 0.3) is 0 Å². The summed E-state index contributed by atoms with van der Waals surface area (Å²) >= 11 is 0. The number of methoxy groups -OCH3 is 1. The Morgan fingerprint density at radius 3 is 2.32 bits per heavy atom. The van der Waals surface area contributed by atoms with Crippen molar-refractivity contribution in [1.29, 1.82) is 0 Å². The van der Waals surface area contributed by atoms with E-state index in [9.17, 15) is 5.11 Å². The number of aliphatic hydroxyl groups excluding tert-OH is 1. The van der Waals surface area contributed by atoms with E-state index < -0.39 is 20.0 Å². The summed E-state index contributed by atoms with van der Waals surface area (Å²) in [6.45, 7) is 16.4. The molecule has 1 rings (SSSR count). The van der Waals surface area contributed by atoms with Gasteiger partial charge in [0.15, 0.2) is 8.32 Å². The Bertz CT molecular complexity index is 737. The van der Waals surface area contributed by atoms with Crippen molar-refractivity contribution < 1.29 is 28.5 Å². The van der Waals surface area contributed by atoms with Crippen LogP contribution in [0.15, 0.2) is 30.3 Å². The molecule has 7 heteroatoms. The van der Waals surface area contributed by atoms with Crippen LogP contribution in [0, 0.1) is 11.8 Å². The molecule has 0 unspecified atom stereocenters. The lowest BCUT2D eigenvalue weighted by Crippen LogP contribution is -2.43. The molecule has 0 bridgehead atoms. The zero-order valence-corrected chi connectivity index (χ0v) is 23.5. The molecule has 0 aliphatic carbocycles. The van der Waals surface area contributed by atoms with Crippen LogP contribution in [0.1, 0.15) is 59.4 Å². The molecule has 34 heavy (non-hydrogen) atoms. The predicted molar refractivity (Wildman–Crippen MR) is 139 cm³/mol. The summed E-state index contributed by atoms with van der Waals surface area (Å²) in [4.78, 5) is 0. The molecule has 0 saturated carbocycles. The fraction of sp³-hybridized carbons (Fsp3) is 0.704. The van der Waals surface area contributed by atoms with Crippen molar-refractivity contribution in [3.05, 3.63) is 35.9 Å². The average Bonchev–Trinajstić information content (AvgIpc) is 2.74. The van der Waals surface area contributed by atoms with Gasteiger partial charge < -0.3 is 28.5 Å². The van der Waals surface area contributed by atoms with Gasteiger partial charge in [-0.2, -0.15) is 0 Å². The molecule has 194 valence electrons. The third-order valence-electron chi connectivity index (χ3n) is 6.17. The zero-order valence-electron chi connectivity index (χ0n) is 22.5. The van der Waals surface area contributed by atoms with Crippen molar-refractivity contribution in [3.63, 3.8) is 0 Å². The zero-order chi connectivity index (χ0) is 25.7. The van der Waals surface area contributed by atoms with Crippen LogP contribution in [-0.4, -0.2) is 58.5 Å². The number of aliphatic hydroxyl groups is 1. The van der Waals surface area contributed by atoms with E-state index in [0.717, 1.165) is 5.56 Å². The Balaban J connectivity index is 2.46. The highest BCUT2D eigenvalue weighted by Gasteiger charge is 2.38. The molecule has 0 amide bonds. The van der Waals surface area contributed by atoms with Crippen LogP contribution >= 0.6 is 0 Å². The van der Waals surface area contributed by atoms with Gasteiger partial charge in [-0.1, -0.05) is 62.9 Å². The van der Waals surface area contributed by atoms with Crippen molar-refractivity contribution in [2.24, 2.45) is 0 Å². The van der Waals surface area contributed by atoms with E-state index in [4.69, 9.17) is 23.4 Å². The van der Waals surface area contributed by atoms with Gasteiger partial charge in [-0.15, -0.1) is 0 Å². The molecule has 0 fully saturated rings. The molecule has 0 saturated heterocycles. The van der Waals surface area contributed by atoms with Gasteiger partial charge in [0.1, 0.15) is 19.7 Å². The first-order valence-corrected chi connectivity index (χ1v) is 15.0. The molecule has 0 spiro atoms. The molecule has 1 N–H and O–H groups in total. The Kier molecular flexibility index (Phi) is 13.6.